The zero-order chi connectivity index (χ0) is 20.7. The molecule has 0 spiro atoms. The molecule has 0 N–H and O–H groups in total. The van der Waals surface area contributed by atoms with Crippen molar-refractivity contribution in [2.75, 3.05) is 6.61 Å². The van der Waals surface area contributed by atoms with Gasteiger partial charge in [-0.25, -0.2) is 0 Å². The van der Waals surface area contributed by atoms with Gasteiger partial charge in [0.1, 0.15) is 17.8 Å². The van der Waals surface area contributed by atoms with Crippen LogP contribution >= 0.6 is 0 Å². The quantitative estimate of drug-likeness (QED) is 0.510. The van der Waals surface area contributed by atoms with Gasteiger partial charge in [-0.3, -0.25) is 9.59 Å². The lowest BCUT2D eigenvalue weighted by Crippen LogP contribution is -2.18. The molecule has 0 fully saturated rings. The van der Waals surface area contributed by atoms with Gasteiger partial charge < -0.3 is 9.47 Å². The fourth-order valence-electron chi connectivity index (χ4n) is 3.23. The predicted molar refractivity (Wildman–Crippen MR) is 97.1 cm³/mol. The fraction of sp³-hybridized carbons (Fsp3) is 0.333. The molecule has 1 aliphatic rings. The molecule has 148 valence electrons. The number of benzene rings is 2. The first-order valence-electron chi connectivity index (χ1n) is 8.75. The molecule has 0 unspecified atom stereocenters. The first-order chi connectivity index (χ1) is 13.1. The predicted octanol–water partition coefficient (Wildman–Crippen LogP) is 5.33. The highest BCUT2D eigenvalue weighted by Crippen LogP contribution is 2.48. The van der Waals surface area contributed by atoms with E-state index in [1.807, 2.05) is 13.8 Å². The van der Waals surface area contributed by atoms with Crippen LogP contribution in [0.5, 0.6) is 11.5 Å². The van der Waals surface area contributed by atoms with E-state index in [9.17, 15) is 22.8 Å². The average molecular weight is 392 g/mol. The summed E-state index contributed by atoms with van der Waals surface area (Å²) in [5, 5.41) is 0. The number of hydrogen-bond acceptors (Lipinski definition) is 4. The molecule has 1 aliphatic heterocycles. The lowest BCUT2D eigenvalue weighted by molar-refractivity contribution is -0.274. The van der Waals surface area contributed by atoms with E-state index in [-0.39, 0.29) is 23.3 Å². The van der Waals surface area contributed by atoms with Gasteiger partial charge >= 0.3 is 6.36 Å². The van der Waals surface area contributed by atoms with E-state index in [1.165, 1.54) is 18.2 Å². The van der Waals surface area contributed by atoms with Crippen molar-refractivity contribution < 1.29 is 32.2 Å². The van der Waals surface area contributed by atoms with Crippen LogP contribution in [0.4, 0.5) is 13.2 Å². The van der Waals surface area contributed by atoms with Gasteiger partial charge in [-0.1, -0.05) is 20.8 Å². The van der Waals surface area contributed by atoms with E-state index < -0.39 is 17.5 Å². The second-order valence-corrected chi connectivity index (χ2v) is 7.27. The maximum Gasteiger partial charge on any atom is 0.573 e. The lowest BCUT2D eigenvalue weighted by atomic mass is 9.83. The van der Waals surface area contributed by atoms with Crippen molar-refractivity contribution in [1.82, 2.24) is 0 Å². The SMILES string of the molecule is CCC(=O)c1cc(-c2cc(C=O)ccc2OC(F)(F)F)c2c(c1)C(C)(C)CO2. The Morgan fingerprint density at radius 2 is 1.93 bits per heavy atom. The molecule has 1 heterocycles. The minimum absolute atomic E-state index is 0.0432. The summed E-state index contributed by atoms with van der Waals surface area (Å²) < 4.78 is 48.7. The van der Waals surface area contributed by atoms with Crippen molar-refractivity contribution in [3.05, 3.63) is 47.0 Å². The summed E-state index contributed by atoms with van der Waals surface area (Å²) in [4.78, 5) is 23.5. The van der Waals surface area contributed by atoms with Gasteiger partial charge in [-0.2, -0.15) is 0 Å². The molecule has 0 radical (unpaired) electrons. The maximum atomic E-state index is 12.9. The number of ether oxygens (including phenoxy) is 2. The van der Waals surface area contributed by atoms with Crippen molar-refractivity contribution in [2.45, 2.75) is 39.0 Å². The third-order valence-corrected chi connectivity index (χ3v) is 4.69. The van der Waals surface area contributed by atoms with Crippen LogP contribution < -0.4 is 9.47 Å². The minimum Gasteiger partial charge on any atom is -0.492 e. The molecule has 28 heavy (non-hydrogen) atoms. The van der Waals surface area contributed by atoms with E-state index >= 15 is 0 Å². The standard InChI is InChI=1S/C21H19F3O4/c1-4-17(26)13-8-15(19-16(9-13)20(2,3)11-27-19)14-7-12(10-25)5-6-18(14)28-21(22,23)24/h5-10H,4,11H2,1-3H3. The molecule has 7 heteroatoms. The van der Waals surface area contributed by atoms with Crippen LogP contribution in [0.3, 0.4) is 0 Å². The molecule has 0 saturated heterocycles. The third kappa shape index (κ3) is 3.74. The largest absolute Gasteiger partial charge is 0.573 e. The van der Waals surface area contributed by atoms with Crippen LogP contribution in [0.25, 0.3) is 11.1 Å². The van der Waals surface area contributed by atoms with Crippen molar-refractivity contribution in [3.8, 4) is 22.6 Å². The highest BCUT2D eigenvalue weighted by Gasteiger charge is 2.37. The summed E-state index contributed by atoms with van der Waals surface area (Å²) in [5.74, 6) is -0.209. The second-order valence-electron chi connectivity index (χ2n) is 7.27. The van der Waals surface area contributed by atoms with Crippen LogP contribution in [-0.4, -0.2) is 25.0 Å². The van der Waals surface area contributed by atoms with Gasteiger partial charge in [0.05, 0.1) is 6.61 Å². The van der Waals surface area contributed by atoms with E-state index in [0.29, 0.717) is 29.8 Å². The molecule has 0 amide bonds. The Labute approximate surface area is 160 Å². The Morgan fingerprint density at radius 3 is 2.54 bits per heavy atom. The van der Waals surface area contributed by atoms with Crippen LogP contribution in [0.1, 0.15) is 53.5 Å². The molecule has 2 aromatic carbocycles. The van der Waals surface area contributed by atoms with Crippen LogP contribution in [0.15, 0.2) is 30.3 Å². The number of halogens is 3. The van der Waals surface area contributed by atoms with E-state index in [4.69, 9.17) is 4.74 Å². The third-order valence-electron chi connectivity index (χ3n) is 4.69. The Bertz CT molecular complexity index is 945. The van der Waals surface area contributed by atoms with Gasteiger partial charge in [0, 0.05) is 39.7 Å². The summed E-state index contributed by atoms with van der Waals surface area (Å²) in [6.45, 7) is 5.89. The van der Waals surface area contributed by atoms with Gasteiger partial charge in [0.2, 0.25) is 0 Å². The smallest absolute Gasteiger partial charge is 0.492 e. The van der Waals surface area contributed by atoms with Gasteiger partial charge in [0.25, 0.3) is 0 Å². The fourth-order valence-corrected chi connectivity index (χ4v) is 3.23. The first-order valence-corrected chi connectivity index (χ1v) is 8.75. The van der Waals surface area contributed by atoms with Crippen LogP contribution in [0.2, 0.25) is 0 Å². The number of ketones is 1. The van der Waals surface area contributed by atoms with Crippen LogP contribution in [-0.2, 0) is 5.41 Å². The van der Waals surface area contributed by atoms with Crippen LogP contribution in [0, 0.1) is 0 Å². The molecule has 0 atom stereocenters. The van der Waals surface area contributed by atoms with Gasteiger partial charge in [0.15, 0.2) is 5.78 Å². The molecule has 0 saturated carbocycles. The summed E-state index contributed by atoms with van der Waals surface area (Å²) in [6.07, 6.45) is -4.12. The first kappa shape index (κ1) is 19.9. The molecular weight excluding hydrogens is 373 g/mol. The minimum atomic E-state index is -4.91. The number of aldehydes is 1. The highest BCUT2D eigenvalue weighted by molar-refractivity contribution is 5.99. The Morgan fingerprint density at radius 1 is 1.21 bits per heavy atom. The summed E-state index contributed by atoms with van der Waals surface area (Å²) in [5.41, 5.74) is 1.22. The molecule has 2 aromatic rings. The van der Waals surface area contributed by atoms with E-state index in [1.54, 1.807) is 13.0 Å². The van der Waals surface area contributed by atoms with Gasteiger partial charge in [-0.05, 0) is 30.3 Å². The summed E-state index contributed by atoms with van der Waals surface area (Å²) in [6, 6.07) is 6.86. The molecular formula is C21H19F3O4. The van der Waals surface area contributed by atoms with E-state index in [2.05, 4.69) is 4.74 Å². The lowest BCUT2D eigenvalue weighted by Gasteiger charge is -2.19. The summed E-state index contributed by atoms with van der Waals surface area (Å²) in [7, 11) is 0. The zero-order valence-corrected chi connectivity index (χ0v) is 15.6. The van der Waals surface area contributed by atoms with Crippen molar-refractivity contribution in [3.63, 3.8) is 0 Å². The number of hydrogen-bond donors (Lipinski definition) is 0. The normalized spacial score (nSPS) is 14.9. The van der Waals surface area contributed by atoms with E-state index in [0.717, 1.165) is 11.6 Å². The second kappa shape index (κ2) is 6.96. The topological polar surface area (TPSA) is 52.6 Å². The summed E-state index contributed by atoms with van der Waals surface area (Å²) >= 11 is 0. The number of fused-ring (bicyclic) bond motifs is 1. The van der Waals surface area contributed by atoms with Crippen molar-refractivity contribution in [2.24, 2.45) is 0 Å². The molecule has 0 bridgehead atoms. The number of rotatable bonds is 5. The zero-order valence-electron chi connectivity index (χ0n) is 15.6. The van der Waals surface area contributed by atoms with Crippen molar-refractivity contribution >= 4 is 12.1 Å². The maximum absolute atomic E-state index is 12.9. The Hall–Kier alpha value is -2.83. The monoisotopic (exact) mass is 392 g/mol. The van der Waals surface area contributed by atoms with Gasteiger partial charge in [-0.15, -0.1) is 13.2 Å². The average Bonchev–Trinajstić information content (AvgIpc) is 2.94. The number of carbonyl (C=O) groups excluding carboxylic acids is 2. The Kier molecular flexibility index (Phi) is 4.95. The molecule has 4 nitrogen and oxygen atoms in total. The number of alkyl halides is 3. The number of Topliss-reactive ketones (excluding diaryl/α,β-unsaturated/α-hetero) is 1. The molecule has 0 aliphatic carbocycles. The molecule has 0 aromatic heterocycles. The van der Waals surface area contributed by atoms with Crippen molar-refractivity contribution in [1.29, 1.82) is 0 Å². The Balaban J connectivity index is 2.30. The number of carbonyl (C=O) groups is 2. The molecule has 3 rings (SSSR count). The highest BCUT2D eigenvalue weighted by atomic mass is 19.4.